The third kappa shape index (κ3) is 4.08. The molecule has 1 saturated carbocycles. The van der Waals surface area contributed by atoms with Gasteiger partial charge in [0.25, 0.3) is 0 Å². The number of rotatable bonds is 7. The van der Waals surface area contributed by atoms with Crippen LogP contribution in [0, 0.1) is 0 Å². The molecule has 0 aliphatic heterocycles. The monoisotopic (exact) mass is 450 g/mol. The molecule has 33 heavy (non-hydrogen) atoms. The van der Waals surface area contributed by atoms with Gasteiger partial charge >= 0.3 is 12.1 Å². The van der Waals surface area contributed by atoms with E-state index in [1.807, 2.05) is 36.4 Å². The van der Waals surface area contributed by atoms with Crippen molar-refractivity contribution in [3.63, 3.8) is 0 Å². The molecule has 1 fully saturated rings. The van der Waals surface area contributed by atoms with Gasteiger partial charge in [-0.1, -0.05) is 68.3 Å². The number of hydrogen-bond acceptors (Lipinski definition) is 4. The van der Waals surface area contributed by atoms with Crippen LogP contribution in [0.25, 0.3) is 11.1 Å². The minimum absolute atomic E-state index is 0.0737. The Kier molecular flexibility index (Phi) is 6.40. The van der Waals surface area contributed by atoms with E-state index < -0.39 is 29.6 Å². The van der Waals surface area contributed by atoms with Gasteiger partial charge in [0.1, 0.15) is 18.2 Å². The third-order valence-electron chi connectivity index (χ3n) is 7.14. The molecule has 1 atom stereocenters. The molecule has 0 aromatic heterocycles. The van der Waals surface area contributed by atoms with Crippen molar-refractivity contribution in [2.24, 2.45) is 0 Å². The Morgan fingerprint density at radius 1 is 1.06 bits per heavy atom. The van der Waals surface area contributed by atoms with E-state index in [1.165, 1.54) is 11.9 Å². The lowest BCUT2D eigenvalue weighted by molar-refractivity contribution is -0.158. The molecule has 0 spiro atoms. The van der Waals surface area contributed by atoms with Gasteiger partial charge in [0.2, 0.25) is 5.91 Å². The maximum absolute atomic E-state index is 13.1. The smallest absolute Gasteiger partial charge is 0.407 e. The molecule has 2 N–H and O–H groups in total. The van der Waals surface area contributed by atoms with Crippen molar-refractivity contribution >= 4 is 18.0 Å². The number of fused-ring (bicyclic) bond motifs is 3. The van der Waals surface area contributed by atoms with E-state index in [9.17, 15) is 19.5 Å². The van der Waals surface area contributed by atoms with Crippen molar-refractivity contribution in [1.29, 1.82) is 0 Å². The minimum Gasteiger partial charge on any atom is -0.479 e. The third-order valence-corrected chi connectivity index (χ3v) is 7.14. The Morgan fingerprint density at radius 3 is 2.12 bits per heavy atom. The van der Waals surface area contributed by atoms with Gasteiger partial charge < -0.3 is 20.1 Å². The number of carboxylic acids is 1. The van der Waals surface area contributed by atoms with Crippen LogP contribution in [0.1, 0.15) is 56.1 Å². The summed E-state index contributed by atoms with van der Waals surface area (Å²) in [6.07, 6.45) is 2.03. The van der Waals surface area contributed by atoms with Gasteiger partial charge in [-0.3, -0.25) is 4.79 Å². The highest BCUT2D eigenvalue weighted by atomic mass is 16.5. The van der Waals surface area contributed by atoms with Gasteiger partial charge in [0, 0.05) is 13.0 Å². The molecule has 2 amide bonds. The number of carbonyl (C=O) groups excluding carboxylic acids is 2. The van der Waals surface area contributed by atoms with Crippen molar-refractivity contribution in [2.45, 2.75) is 56.5 Å². The Bertz CT molecular complexity index is 1010. The van der Waals surface area contributed by atoms with E-state index >= 15 is 0 Å². The van der Waals surface area contributed by atoms with Crippen LogP contribution in [-0.2, 0) is 14.3 Å². The van der Waals surface area contributed by atoms with E-state index in [-0.39, 0.29) is 12.5 Å². The fraction of sp³-hybridized carbons (Fsp3) is 0.423. The second-order valence-electron chi connectivity index (χ2n) is 8.87. The lowest BCUT2D eigenvalue weighted by atomic mass is 9.94. The normalized spacial score (nSPS) is 17.0. The highest BCUT2D eigenvalue weighted by Gasteiger charge is 2.48. The number of aliphatic carboxylic acids is 1. The predicted octanol–water partition coefficient (Wildman–Crippen LogP) is 4.16. The molecule has 2 aliphatic carbocycles. The molecular weight excluding hydrogens is 420 g/mol. The first-order chi connectivity index (χ1) is 15.9. The summed E-state index contributed by atoms with van der Waals surface area (Å²) in [5, 5.41) is 12.4. The van der Waals surface area contributed by atoms with E-state index in [0.29, 0.717) is 19.3 Å². The predicted molar refractivity (Wildman–Crippen MR) is 124 cm³/mol. The average molecular weight is 451 g/mol. The standard InChI is InChI=1S/C26H30N2O5/c1-3-22(23(29)28(2)26(24(30)31)14-8-9-15-26)27-25(32)33-16-21-19-12-6-4-10-17(19)18-11-5-7-13-20(18)21/h4-7,10-13,21-22H,3,8-9,14-16H2,1-2H3,(H,27,32)(H,30,31). The molecule has 4 rings (SSSR count). The Labute approximate surface area is 193 Å². The second kappa shape index (κ2) is 9.25. The molecular formula is C26H30N2O5. The maximum atomic E-state index is 13.1. The SMILES string of the molecule is CCC(NC(=O)OCC1c2ccccc2-c2ccccc21)C(=O)N(C)C1(C(=O)O)CCCC1. The topological polar surface area (TPSA) is 95.9 Å². The lowest BCUT2D eigenvalue weighted by Gasteiger charge is -2.36. The quantitative estimate of drug-likeness (QED) is 0.660. The van der Waals surface area contributed by atoms with Crippen molar-refractivity contribution in [3.05, 3.63) is 59.7 Å². The zero-order chi connectivity index (χ0) is 23.6. The number of carboxylic acid groups (broad SMARTS) is 1. The summed E-state index contributed by atoms with van der Waals surface area (Å²) < 4.78 is 5.56. The summed E-state index contributed by atoms with van der Waals surface area (Å²) in [5.74, 6) is -1.47. The van der Waals surface area contributed by atoms with Crippen LogP contribution in [0.2, 0.25) is 0 Å². The first-order valence-corrected chi connectivity index (χ1v) is 11.5. The second-order valence-corrected chi connectivity index (χ2v) is 8.87. The fourth-order valence-corrected chi connectivity index (χ4v) is 5.22. The van der Waals surface area contributed by atoms with E-state index in [2.05, 4.69) is 17.4 Å². The molecule has 0 radical (unpaired) electrons. The number of nitrogens with zero attached hydrogens (tertiary/aromatic N) is 1. The number of alkyl carbamates (subject to hydrolysis) is 1. The van der Waals surface area contributed by atoms with Crippen molar-refractivity contribution in [3.8, 4) is 11.1 Å². The van der Waals surface area contributed by atoms with Gasteiger partial charge in [0.05, 0.1) is 0 Å². The average Bonchev–Trinajstić information content (AvgIpc) is 3.45. The van der Waals surface area contributed by atoms with Gasteiger partial charge in [-0.2, -0.15) is 0 Å². The van der Waals surface area contributed by atoms with Crippen LogP contribution in [0.4, 0.5) is 4.79 Å². The summed E-state index contributed by atoms with van der Waals surface area (Å²) in [5.41, 5.74) is 3.30. The zero-order valence-corrected chi connectivity index (χ0v) is 19.0. The number of nitrogens with one attached hydrogen (secondary N) is 1. The first-order valence-electron chi connectivity index (χ1n) is 11.5. The van der Waals surface area contributed by atoms with Gasteiger partial charge in [-0.15, -0.1) is 0 Å². The summed E-state index contributed by atoms with van der Waals surface area (Å²) in [7, 11) is 1.52. The summed E-state index contributed by atoms with van der Waals surface area (Å²) in [6.45, 7) is 1.93. The lowest BCUT2D eigenvalue weighted by Crippen LogP contribution is -2.58. The summed E-state index contributed by atoms with van der Waals surface area (Å²) in [6, 6.07) is 15.3. The van der Waals surface area contributed by atoms with Crippen molar-refractivity contribution in [1.82, 2.24) is 10.2 Å². The molecule has 7 nitrogen and oxygen atoms in total. The molecule has 1 unspecified atom stereocenters. The van der Waals surface area contributed by atoms with E-state index in [0.717, 1.165) is 35.1 Å². The Balaban J connectivity index is 1.42. The molecule has 7 heteroatoms. The molecule has 2 aliphatic rings. The van der Waals surface area contributed by atoms with Gasteiger partial charge in [-0.25, -0.2) is 9.59 Å². The largest absolute Gasteiger partial charge is 0.479 e. The van der Waals surface area contributed by atoms with Crippen LogP contribution in [0.3, 0.4) is 0 Å². The van der Waals surface area contributed by atoms with Gasteiger partial charge in [0.15, 0.2) is 0 Å². The highest BCUT2D eigenvalue weighted by molar-refractivity contribution is 5.91. The molecule has 0 heterocycles. The van der Waals surface area contributed by atoms with Crippen LogP contribution in [0.15, 0.2) is 48.5 Å². The molecule has 174 valence electrons. The molecule has 2 aromatic rings. The Hall–Kier alpha value is -3.35. The first kappa shape index (κ1) is 22.8. The number of carbonyl (C=O) groups is 3. The van der Waals surface area contributed by atoms with Crippen LogP contribution in [0.5, 0.6) is 0 Å². The van der Waals surface area contributed by atoms with Crippen molar-refractivity contribution < 1.29 is 24.2 Å². The summed E-state index contributed by atoms with van der Waals surface area (Å²) in [4.78, 5) is 39.0. The minimum atomic E-state index is -1.20. The summed E-state index contributed by atoms with van der Waals surface area (Å²) >= 11 is 0. The molecule has 0 bridgehead atoms. The van der Waals surface area contributed by atoms with E-state index in [4.69, 9.17) is 4.74 Å². The molecule has 2 aromatic carbocycles. The number of amides is 2. The Morgan fingerprint density at radius 2 is 1.61 bits per heavy atom. The van der Waals surface area contributed by atoms with Gasteiger partial charge in [-0.05, 0) is 41.5 Å². The van der Waals surface area contributed by atoms with E-state index in [1.54, 1.807) is 6.92 Å². The van der Waals surface area contributed by atoms with Crippen LogP contribution >= 0.6 is 0 Å². The van der Waals surface area contributed by atoms with Crippen LogP contribution < -0.4 is 5.32 Å². The fourth-order valence-electron chi connectivity index (χ4n) is 5.22. The molecule has 0 saturated heterocycles. The highest BCUT2D eigenvalue weighted by Crippen LogP contribution is 2.44. The zero-order valence-electron chi connectivity index (χ0n) is 19.0. The number of hydrogen-bond donors (Lipinski definition) is 2. The number of ether oxygens (including phenoxy) is 1. The number of benzene rings is 2. The maximum Gasteiger partial charge on any atom is 0.407 e. The number of likely N-dealkylation sites (N-methyl/N-ethyl adjacent to an activating group) is 1. The van der Waals surface area contributed by atoms with Crippen molar-refractivity contribution in [2.75, 3.05) is 13.7 Å². The van der Waals surface area contributed by atoms with Crippen LogP contribution in [-0.4, -0.2) is 53.2 Å².